The number of nitrogens with zero attached hydrogens (tertiary/aromatic N) is 10. The van der Waals surface area contributed by atoms with Crippen molar-refractivity contribution in [2.75, 3.05) is 49.9 Å². The van der Waals surface area contributed by atoms with Crippen molar-refractivity contribution in [3.63, 3.8) is 0 Å². The minimum absolute atomic E-state index is 0.0276. The van der Waals surface area contributed by atoms with Crippen LogP contribution in [0.2, 0.25) is 0 Å². The second-order valence-electron chi connectivity index (χ2n) is 33.1. The first-order valence-electron chi connectivity index (χ1n) is 43.5. The molecule has 0 aliphatic heterocycles. The Labute approximate surface area is 743 Å². The third-order valence-corrected chi connectivity index (χ3v) is 22.8. The number of anilines is 3. The predicted molar refractivity (Wildman–Crippen MR) is 527 cm³/mol. The molecule has 0 spiro atoms. The summed E-state index contributed by atoms with van der Waals surface area (Å²) in [4.78, 5) is 35.8. The lowest BCUT2D eigenvalue weighted by Gasteiger charge is -2.31. The van der Waals surface area contributed by atoms with Crippen LogP contribution in [0.15, 0.2) is 388 Å². The molecule has 12 aromatic carbocycles. The van der Waals surface area contributed by atoms with Gasteiger partial charge in [-0.2, -0.15) is 0 Å². The maximum atomic E-state index is 5.19. The van der Waals surface area contributed by atoms with Gasteiger partial charge in [-0.3, -0.25) is 34.7 Å². The van der Waals surface area contributed by atoms with Crippen LogP contribution >= 0.6 is 0 Å². The van der Waals surface area contributed by atoms with Crippen molar-refractivity contribution in [3.8, 4) is 22.5 Å². The van der Waals surface area contributed by atoms with Gasteiger partial charge in [0.15, 0.2) is 0 Å². The molecule has 5 heterocycles. The van der Waals surface area contributed by atoms with Crippen molar-refractivity contribution < 1.29 is 0 Å². The molecule has 628 valence electrons. The molecule has 0 saturated carbocycles. The van der Waals surface area contributed by atoms with Gasteiger partial charge in [0.2, 0.25) is 0 Å². The third kappa shape index (κ3) is 24.1. The van der Waals surface area contributed by atoms with E-state index >= 15 is 0 Å². The summed E-state index contributed by atoms with van der Waals surface area (Å²) in [5, 5.41) is 3.64. The van der Waals surface area contributed by atoms with Crippen LogP contribution in [-0.2, 0) is 26.2 Å². The van der Waals surface area contributed by atoms with E-state index < -0.39 is 0 Å². The molecule has 125 heavy (non-hydrogen) atoms. The van der Waals surface area contributed by atoms with E-state index in [4.69, 9.17) is 15.0 Å². The SMILES string of the molecule is CC(C)c1ccc(N(C)C(c2ccccc2)c2cccc(-c3ccccc3)n2)cc1.CN(Cc1ccccc1)C(c1ccccc1)c1ccc2ccccc2n1.CN(Cc1ccccc1)C(c1ccccc1)c1cccc(-c2cccc3ccccc23)n1.Cc1cc(C)c(N(C)Cc2cccc(C)n2)c(C)c1.Cc1cc(C)c(N(C)Cc2ccccn2)c(C)c1. The fourth-order valence-electron chi connectivity index (χ4n) is 17.2. The Morgan fingerprint density at radius 3 is 1.23 bits per heavy atom. The van der Waals surface area contributed by atoms with Crippen LogP contribution in [0.1, 0.15) is 139 Å². The number of benzene rings is 12. The van der Waals surface area contributed by atoms with Crippen LogP contribution in [0.5, 0.6) is 0 Å². The number of para-hydroxylation sites is 1. The Hall–Kier alpha value is -13.8. The number of rotatable bonds is 23. The van der Waals surface area contributed by atoms with Gasteiger partial charge in [0.05, 0.1) is 76.6 Å². The molecule has 0 saturated heterocycles. The minimum Gasteiger partial charge on any atom is -0.368 e. The van der Waals surface area contributed by atoms with Crippen LogP contribution < -0.4 is 14.7 Å². The fraction of sp³-hybridized carbons (Fsp3) is 0.191. The van der Waals surface area contributed by atoms with E-state index in [1.165, 1.54) is 106 Å². The molecule has 10 heteroatoms. The van der Waals surface area contributed by atoms with Crippen LogP contribution in [0.3, 0.4) is 0 Å². The summed E-state index contributed by atoms with van der Waals surface area (Å²) in [5.41, 5.74) is 31.2. The maximum absolute atomic E-state index is 5.19. The molecule has 5 aromatic heterocycles. The molecule has 17 rings (SSSR count). The zero-order valence-electron chi connectivity index (χ0n) is 75.1. The molecule has 0 aliphatic rings. The molecule has 0 aliphatic carbocycles. The highest BCUT2D eigenvalue weighted by Crippen LogP contribution is 2.37. The second-order valence-corrected chi connectivity index (χ2v) is 33.1. The zero-order valence-corrected chi connectivity index (χ0v) is 75.1. The summed E-state index contributed by atoms with van der Waals surface area (Å²) >= 11 is 0. The topological polar surface area (TPSA) is 80.7 Å². The highest BCUT2D eigenvalue weighted by atomic mass is 15.2. The Kier molecular flexibility index (Phi) is 31.2. The zero-order chi connectivity index (χ0) is 87.6. The molecule has 3 atom stereocenters. The van der Waals surface area contributed by atoms with Crippen LogP contribution in [0.25, 0.3) is 44.2 Å². The van der Waals surface area contributed by atoms with Crippen molar-refractivity contribution in [3.05, 3.63) is 489 Å². The number of aromatic nitrogens is 5. The first kappa shape index (κ1) is 89.0. The average Bonchev–Trinajstić information content (AvgIpc) is 0.801. The Balaban J connectivity index is 0.000000136. The van der Waals surface area contributed by atoms with Gasteiger partial charge in [-0.05, 0) is 208 Å². The van der Waals surface area contributed by atoms with Gasteiger partial charge < -0.3 is 14.7 Å². The van der Waals surface area contributed by atoms with E-state index in [0.717, 1.165) is 82.8 Å². The number of hydrogen-bond acceptors (Lipinski definition) is 10. The molecule has 10 nitrogen and oxygen atoms in total. The van der Waals surface area contributed by atoms with Crippen molar-refractivity contribution in [2.24, 2.45) is 0 Å². The van der Waals surface area contributed by atoms with Crippen molar-refractivity contribution in [1.29, 1.82) is 0 Å². The van der Waals surface area contributed by atoms with E-state index in [1.54, 1.807) is 0 Å². The van der Waals surface area contributed by atoms with Crippen LogP contribution in [0.4, 0.5) is 17.1 Å². The van der Waals surface area contributed by atoms with E-state index in [2.05, 4.69) is 477 Å². The lowest BCUT2D eigenvalue weighted by Crippen LogP contribution is -2.26. The number of hydrogen-bond donors (Lipinski definition) is 0. The van der Waals surface area contributed by atoms with Crippen molar-refractivity contribution in [1.82, 2.24) is 34.7 Å². The van der Waals surface area contributed by atoms with Crippen LogP contribution in [0, 0.1) is 48.5 Å². The Morgan fingerprint density at radius 2 is 0.712 bits per heavy atom. The number of aryl methyl sites for hydroxylation is 7. The van der Waals surface area contributed by atoms with Crippen molar-refractivity contribution >= 4 is 38.7 Å². The average molecular weight is 1640 g/mol. The summed E-state index contributed by atoms with van der Waals surface area (Å²) in [6.45, 7) is 22.9. The fourth-order valence-corrected chi connectivity index (χ4v) is 17.2. The summed E-state index contributed by atoms with van der Waals surface area (Å²) < 4.78 is 0. The lowest BCUT2D eigenvalue weighted by atomic mass is 9.98. The molecular weight excluding hydrogens is 1520 g/mol. The molecule has 0 amide bonds. The monoisotopic (exact) mass is 1640 g/mol. The molecule has 0 N–H and O–H groups in total. The van der Waals surface area contributed by atoms with E-state index in [1.807, 2.05) is 43.5 Å². The number of fused-ring (bicyclic) bond motifs is 2. The molecule has 0 fully saturated rings. The van der Waals surface area contributed by atoms with Crippen LogP contribution in [-0.4, -0.2) is 70.0 Å². The molecule has 3 unspecified atom stereocenters. The summed E-state index contributed by atoms with van der Waals surface area (Å²) in [6.07, 6.45) is 1.85. The summed E-state index contributed by atoms with van der Waals surface area (Å²) in [5.74, 6) is 0.526. The summed E-state index contributed by atoms with van der Waals surface area (Å²) in [7, 11) is 10.8. The highest BCUT2D eigenvalue weighted by Gasteiger charge is 2.26. The van der Waals surface area contributed by atoms with E-state index in [0.29, 0.717) is 5.92 Å². The van der Waals surface area contributed by atoms with Gasteiger partial charge in [-0.1, -0.05) is 334 Å². The van der Waals surface area contributed by atoms with Gasteiger partial charge in [-0.25, -0.2) is 0 Å². The second kappa shape index (κ2) is 43.8. The normalized spacial score (nSPS) is 11.7. The quantitative estimate of drug-likeness (QED) is 0.0618. The largest absolute Gasteiger partial charge is 0.368 e. The standard InChI is InChI=1S/C30H26N2.C28H28N2.C24H22N2.C17H22N2.C16H20N2/c1-32(22-23-12-4-2-5-13-23)30(25-15-6-3-7-16-25)29-21-11-20-28(31-29)27-19-10-17-24-14-8-9-18-26(24)27;1-21(2)22-17-19-25(20-18-22)30(3)28(24-13-8-5-9-14-24)27-16-10-15-26(29-27)23-11-6-4-7-12-23;1-26(18-19-10-4-2-5-11-19)24(21-13-6-3-7-14-21)23-17-16-20-12-8-9-15-22(20)25-23;1-12-9-13(2)17(14(3)10-12)19(5)11-16-8-6-7-15(4)18-16;1-12-9-13(2)16(14(3)10-12)18(4)11-15-7-5-6-8-17-15/h2-21,30H,22H2,1H3;4-21,28H,1-3H3;2-17,24H,18H2,1H3;6-10H,11H2,1-5H3;5-10H,11H2,1-4H3. The minimum atomic E-state index is 0.0276. The van der Waals surface area contributed by atoms with E-state index in [-0.39, 0.29) is 18.1 Å². The Bertz CT molecular complexity index is 6160. The van der Waals surface area contributed by atoms with Gasteiger partial charge in [-0.15, -0.1) is 0 Å². The molecular formula is C115H118N10. The van der Waals surface area contributed by atoms with Gasteiger partial charge in [0.25, 0.3) is 0 Å². The smallest absolute Gasteiger partial charge is 0.0963 e. The maximum Gasteiger partial charge on any atom is 0.0963 e. The third-order valence-electron chi connectivity index (χ3n) is 22.8. The van der Waals surface area contributed by atoms with Crippen molar-refractivity contribution in [2.45, 2.75) is 113 Å². The lowest BCUT2D eigenvalue weighted by molar-refractivity contribution is 0.266. The van der Waals surface area contributed by atoms with E-state index in [9.17, 15) is 0 Å². The molecule has 0 bridgehead atoms. The van der Waals surface area contributed by atoms with Gasteiger partial charge >= 0.3 is 0 Å². The predicted octanol–water partition coefficient (Wildman–Crippen LogP) is 27.3. The molecule has 0 radical (unpaired) electrons. The number of pyridine rings is 5. The summed E-state index contributed by atoms with van der Waals surface area (Å²) in [6, 6.07) is 134. The van der Waals surface area contributed by atoms with Gasteiger partial charge in [0, 0.05) is 79.7 Å². The molecule has 17 aromatic rings. The first-order valence-corrected chi connectivity index (χ1v) is 43.5. The van der Waals surface area contributed by atoms with Gasteiger partial charge in [0.1, 0.15) is 0 Å². The highest BCUT2D eigenvalue weighted by molar-refractivity contribution is 5.95. The first-order chi connectivity index (χ1) is 60.8. The Morgan fingerprint density at radius 1 is 0.296 bits per heavy atom.